The van der Waals surface area contributed by atoms with Gasteiger partial charge < -0.3 is 4.90 Å². The number of likely N-dealkylation sites (N-methyl/N-ethyl adjacent to an activating group) is 1. The molecule has 2 aromatic carbocycles. The lowest BCUT2D eigenvalue weighted by atomic mass is 10.0. The number of alkyl halides is 3. The highest BCUT2D eigenvalue weighted by Gasteiger charge is 2.55. The van der Waals surface area contributed by atoms with E-state index in [9.17, 15) is 13.2 Å². The second-order valence-electron chi connectivity index (χ2n) is 8.21. The summed E-state index contributed by atoms with van der Waals surface area (Å²) >= 11 is 0. The van der Waals surface area contributed by atoms with Gasteiger partial charge in [-0.2, -0.15) is 18.4 Å². The van der Waals surface area contributed by atoms with Gasteiger partial charge in [0.2, 0.25) is 0 Å². The fourth-order valence-electron chi connectivity index (χ4n) is 4.02. The van der Waals surface area contributed by atoms with E-state index in [1.54, 1.807) is 6.07 Å². The predicted molar refractivity (Wildman–Crippen MR) is 120 cm³/mol. The Kier molecular flexibility index (Phi) is 9.58. The SMILES string of the molecule is CC#N.CCN(CCc1ccccc1)C(C)CCc1ccc(C2CC2C(F)(F)F)cc1. The van der Waals surface area contributed by atoms with Crippen molar-refractivity contribution in [1.29, 1.82) is 5.26 Å². The smallest absolute Gasteiger partial charge is 0.301 e. The Balaban J connectivity index is 0.00000107. The van der Waals surface area contributed by atoms with Crippen LogP contribution in [0.15, 0.2) is 54.6 Å². The molecule has 0 aromatic heterocycles. The fraction of sp³-hybridized carbons (Fsp3) is 0.500. The van der Waals surface area contributed by atoms with Crippen molar-refractivity contribution in [3.63, 3.8) is 0 Å². The van der Waals surface area contributed by atoms with Gasteiger partial charge in [0.05, 0.1) is 12.0 Å². The first kappa shape index (κ1) is 24.9. The normalized spacial score (nSPS) is 18.6. The van der Waals surface area contributed by atoms with Crippen LogP contribution in [0.4, 0.5) is 13.2 Å². The van der Waals surface area contributed by atoms with Gasteiger partial charge in [-0.25, -0.2) is 0 Å². The summed E-state index contributed by atoms with van der Waals surface area (Å²) in [6.07, 6.45) is -0.752. The van der Waals surface area contributed by atoms with Gasteiger partial charge in [-0.1, -0.05) is 61.5 Å². The first-order chi connectivity index (χ1) is 14.8. The minimum Gasteiger partial charge on any atom is -0.301 e. The van der Waals surface area contributed by atoms with Crippen LogP contribution in [0.5, 0.6) is 0 Å². The third-order valence-electron chi connectivity index (χ3n) is 6.03. The Morgan fingerprint density at radius 3 is 2.13 bits per heavy atom. The molecular formula is C26H33F3N2. The van der Waals surface area contributed by atoms with Crippen LogP contribution in [0.2, 0.25) is 0 Å². The molecule has 3 unspecified atom stereocenters. The second-order valence-corrected chi connectivity index (χ2v) is 8.21. The number of nitrogens with zero attached hydrogens (tertiary/aromatic N) is 2. The summed E-state index contributed by atoms with van der Waals surface area (Å²) in [5.41, 5.74) is 3.40. The van der Waals surface area contributed by atoms with Crippen molar-refractivity contribution in [3.8, 4) is 6.07 Å². The summed E-state index contributed by atoms with van der Waals surface area (Å²) in [4.78, 5) is 2.50. The molecule has 3 rings (SSSR count). The molecule has 0 saturated heterocycles. The zero-order valence-corrected chi connectivity index (χ0v) is 18.7. The zero-order chi connectivity index (χ0) is 22.9. The van der Waals surface area contributed by atoms with E-state index in [0.717, 1.165) is 37.9 Å². The maximum atomic E-state index is 12.7. The summed E-state index contributed by atoms with van der Waals surface area (Å²) in [5, 5.41) is 7.32. The van der Waals surface area contributed by atoms with E-state index in [1.807, 2.05) is 30.3 Å². The Morgan fingerprint density at radius 1 is 1.03 bits per heavy atom. The molecule has 0 amide bonds. The van der Waals surface area contributed by atoms with Crippen molar-refractivity contribution in [2.45, 2.75) is 64.6 Å². The van der Waals surface area contributed by atoms with Gasteiger partial charge in [-0.3, -0.25) is 0 Å². The fourth-order valence-corrected chi connectivity index (χ4v) is 4.02. The number of benzene rings is 2. The molecule has 5 heteroatoms. The predicted octanol–water partition coefficient (Wildman–Crippen LogP) is 6.77. The van der Waals surface area contributed by atoms with Crippen LogP contribution in [0.1, 0.15) is 56.2 Å². The molecule has 0 radical (unpaired) electrons. The molecule has 1 aliphatic carbocycles. The Labute approximate surface area is 184 Å². The van der Waals surface area contributed by atoms with Crippen molar-refractivity contribution in [3.05, 3.63) is 71.3 Å². The monoisotopic (exact) mass is 430 g/mol. The van der Waals surface area contributed by atoms with E-state index in [2.05, 4.69) is 43.0 Å². The van der Waals surface area contributed by atoms with Crippen LogP contribution >= 0.6 is 0 Å². The number of halogens is 3. The van der Waals surface area contributed by atoms with Crippen LogP contribution in [0.3, 0.4) is 0 Å². The average molecular weight is 431 g/mol. The third kappa shape index (κ3) is 8.03. The summed E-state index contributed by atoms with van der Waals surface area (Å²) in [6.45, 7) is 7.96. The van der Waals surface area contributed by atoms with Crippen LogP contribution in [0, 0.1) is 17.2 Å². The van der Waals surface area contributed by atoms with Crippen molar-refractivity contribution in [1.82, 2.24) is 4.90 Å². The lowest BCUT2D eigenvalue weighted by molar-refractivity contribution is -0.148. The highest BCUT2D eigenvalue weighted by Crippen LogP contribution is 2.56. The highest BCUT2D eigenvalue weighted by molar-refractivity contribution is 5.30. The minimum atomic E-state index is -4.05. The molecule has 1 fully saturated rings. The molecule has 0 spiro atoms. The maximum absolute atomic E-state index is 12.7. The highest BCUT2D eigenvalue weighted by atomic mass is 19.4. The molecule has 3 atom stereocenters. The van der Waals surface area contributed by atoms with Gasteiger partial charge in [-0.15, -0.1) is 0 Å². The standard InChI is InChI=1S/C24H30F3N.C2H3N/c1-3-28(16-15-19-7-5-4-6-8-19)18(2)9-10-20-11-13-21(14-12-20)22-17-23(22)24(25,26)27;1-2-3/h4-8,11-14,18,22-23H,3,9-10,15-17H2,1-2H3;1H3. The lowest BCUT2D eigenvalue weighted by Crippen LogP contribution is -2.35. The molecule has 0 bridgehead atoms. The van der Waals surface area contributed by atoms with Gasteiger partial charge in [-0.05, 0) is 61.8 Å². The molecule has 31 heavy (non-hydrogen) atoms. The number of aryl methyl sites for hydroxylation is 1. The average Bonchev–Trinajstić information content (AvgIpc) is 3.56. The van der Waals surface area contributed by atoms with Gasteiger partial charge >= 0.3 is 6.18 Å². The molecule has 1 saturated carbocycles. The van der Waals surface area contributed by atoms with Gasteiger partial charge in [0.15, 0.2) is 0 Å². The van der Waals surface area contributed by atoms with Crippen molar-refractivity contribution < 1.29 is 13.2 Å². The van der Waals surface area contributed by atoms with Crippen LogP contribution < -0.4 is 0 Å². The first-order valence-corrected chi connectivity index (χ1v) is 11.0. The van der Waals surface area contributed by atoms with Crippen LogP contribution in [-0.2, 0) is 12.8 Å². The minimum absolute atomic E-state index is 0.243. The summed E-state index contributed by atoms with van der Waals surface area (Å²) in [5.74, 6) is -1.47. The largest absolute Gasteiger partial charge is 0.392 e. The van der Waals surface area contributed by atoms with Crippen molar-refractivity contribution in [2.24, 2.45) is 5.92 Å². The summed E-state index contributed by atoms with van der Waals surface area (Å²) < 4.78 is 38.2. The third-order valence-corrected chi connectivity index (χ3v) is 6.03. The van der Waals surface area contributed by atoms with E-state index in [0.29, 0.717) is 6.04 Å². The van der Waals surface area contributed by atoms with E-state index in [4.69, 9.17) is 5.26 Å². The first-order valence-electron chi connectivity index (χ1n) is 11.0. The summed E-state index contributed by atoms with van der Waals surface area (Å²) in [6, 6.07) is 20.6. The molecule has 2 aromatic rings. The van der Waals surface area contributed by atoms with E-state index < -0.39 is 12.1 Å². The topological polar surface area (TPSA) is 27.0 Å². The zero-order valence-electron chi connectivity index (χ0n) is 18.7. The van der Waals surface area contributed by atoms with Gasteiger partial charge in [0.1, 0.15) is 0 Å². The molecular weight excluding hydrogens is 397 g/mol. The lowest BCUT2D eigenvalue weighted by Gasteiger charge is -2.28. The number of rotatable bonds is 9. The van der Waals surface area contributed by atoms with Crippen LogP contribution in [0.25, 0.3) is 0 Å². The number of hydrogen-bond donors (Lipinski definition) is 0. The van der Waals surface area contributed by atoms with E-state index in [1.165, 1.54) is 18.1 Å². The number of hydrogen-bond acceptors (Lipinski definition) is 2. The molecule has 1 aliphatic rings. The number of nitriles is 1. The Bertz CT molecular complexity index is 809. The molecule has 0 N–H and O–H groups in total. The maximum Gasteiger partial charge on any atom is 0.392 e. The van der Waals surface area contributed by atoms with Crippen molar-refractivity contribution in [2.75, 3.05) is 13.1 Å². The quantitative estimate of drug-likeness (QED) is 0.439. The Morgan fingerprint density at radius 2 is 1.61 bits per heavy atom. The van der Waals surface area contributed by atoms with E-state index >= 15 is 0 Å². The molecule has 2 nitrogen and oxygen atoms in total. The van der Waals surface area contributed by atoms with Crippen LogP contribution in [-0.4, -0.2) is 30.2 Å². The second kappa shape index (κ2) is 11.9. The van der Waals surface area contributed by atoms with E-state index in [-0.39, 0.29) is 12.3 Å². The van der Waals surface area contributed by atoms with Crippen molar-refractivity contribution >= 4 is 0 Å². The molecule has 168 valence electrons. The van der Waals surface area contributed by atoms with Gasteiger partial charge in [0, 0.05) is 19.5 Å². The molecule has 0 aliphatic heterocycles. The Hall–Kier alpha value is -2.32. The molecule has 0 heterocycles. The summed E-state index contributed by atoms with van der Waals surface area (Å²) in [7, 11) is 0. The van der Waals surface area contributed by atoms with Gasteiger partial charge in [0.25, 0.3) is 0 Å².